The Morgan fingerprint density at radius 1 is 1.21 bits per heavy atom. The van der Waals surface area contributed by atoms with Crippen molar-refractivity contribution >= 4 is 5.91 Å². The minimum absolute atomic E-state index is 0.137. The molecule has 1 aliphatic rings. The van der Waals surface area contributed by atoms with Crippen LogP contribution in [0.5, 0.6) is 0 Å². The van der Waals surface area contributed by atoms with Crippen molar-refractivity contribution < 1.29 is 13.6 Å². The topological polar surface area (TPSA) is 72.1 Å². The van der Waals surface area contributed by atoms with E-state index >= 15 is 0 Å². The molecule has 3 aromatic rings. The van der Waals surface area contributed by atoms with Gasteiger partial charge in [-0.05, 0) is 38.3 Å². The summed E-state index contributed by atoms with van der Waals surface area (Å²) >= 11 is 0. The van der Waals surface area contributed by atoms with E-state index in [2.05, 4.69) is 15.0 Å². The first kappa shape index (κ1) is 19.2. The number of oxazole rings is 1. The summed E-state index contributed by atoms with van der Waals surface area (Å²) in [5.74, 6) is 0.794. The second-order valence-corrected chi connectivity index (χ2v) is 7.83. The summed E-state index contributed by atoms with van der Waals surface area (Å²) in [5, 5.41) is 0. The van der Waals surface area contributed by atoms with Gasteiger partial charge in [0.25, 0.3) is 5.91 Å². The molecule has 7 heteroatoms. The molecular weight excluding hydrogens is 371 g/mol. The molecule has 3 heterocycles. The van der Waals surface area contributed by atoms with Crippen LogP contribution in [0.15, 0.2) is 47.3 Å². The highest BCUT2D eigenvalue weighted by Gasteiger charge is 2.39. The first-order valence-corrected chi connectivity index (χ1v) is 9.71. The van der Waals surface area contributed by atoms with E-state index in [0.717, 1.165) is 18.5 Å². The third-order valence-electron chi connectivity index (χ3n) is 5.38. The first-order chi connectivity index (χ1) is 13.9. The highest BCUT2D eigenvalue weighted by Crippen LogP contribution is 2.34. The number of carbonyl (C=O) groups excluding carboxylic acids is 1. The molecule has 1 aromatic carbocycles. The van der Waals surface area contributed by atoms with Crippen LogP contribution in [0, 0.1) is 12.7 Å². The monoisotopic (exact) mass is 394 g/mol. The van der Waals surface area contributed by atoms with Gasteiger partial charge in [-0.15, -0.1) is 0 Å². The quantitative estimate of drug-likeness (QED) is 0.675. The van der Waals surface area contributed by atoms with E-state index in [1.165, 1.54) is 12.3 Å². The highest BCUT2D eigenvalue weighted by molar-refractivity contribution is 5.92. The molecule has 0 N–H and O–H groups in total. The number of piperidine rings is 1. The van der Waals surface area contributed by atoms with Gasteiger partial charge in [-0.2, -0.15) is 0 Å². The van der Waals surface area contributed by atoms with E-state index in [4.69, 9.17) is 4.42 Å². The van der Waals surface area contributed by atoms with Crippen molar-refractivity contribution in [3.63, 3.8) is 0 Å². The number of halogens is 1. The van der Waals surface area contributed by atoms with E-state index < -0.39 is 5.41 Å². The maximum Gasteiger partial charge on any atom is 0.274 e. The number of aromatic nitrogens is 3. The number of nitrogens with zero attached hydrogens (tertiary/aromatic N) is 4. The Hall–Kier alpha value is -3.09. The molecule has 0 bridgehead atoms. The third-order valence-corrected chi connectivity index (χ3v) is 5.38. The lowest BCUT2D eigenvalue weighted by molar-refractivity contribution is 0.0619. The van der Waals surface area contributed by atoms with E-state index in [0.29, 0.717) is 42.4 Å². The smallest absolute Gasteiger partial charge is 0.274 e. The summed E-state index contributed by atoms with van der Waals surface area (Å²) in [7, 11) is 0. The molecule has 0 radical (unpaired) electrons. The van der Waals surface area contributed by atoms with Crippen molar-refractivity contribution in [1.29, 1.82) is 0 Å². The van der Waals surface area contributed by atoms with Gasteiger partial charge in [0.05, 0.1) is 23.5 Å². The van der Waals surface area contributed by atoms with Crippen molar-refractivity contribution in [2.24, 2.45) is 0 Å². The number of hydrogen-bond donors (Lipinski definition) is 0. The van der Waals surface area contributed by atoms with Crippen LogP contribution in [0.2, 0.25) is 0 Å². The molecule has 2 aromatic heterocycles. The van der Waals surface area contributed by atoms with Crippen LogP contribution in [0.25, 0.3) is 0 Å². The van der Waals surface area contributed by atoms with Crippen LogP contribution >= 0.6 is 0 Å². The van der Waals surface area contributed by atoms with Gasteiger partial charge < -0.3 is 9.32 Å². The van der Waals surface area contributed by atoms with Crippen LogP contribution in [0.4, 0.5) is 4.39 Å². The van der Waals surface area contributed by atoms with Gasteiger partial charge in [0.15, 0.2) is 0 Å². The van der Waals surface area contributed by atoms with Crippen LogP contribution in [0.3, 0.4) is 0 Å². The second-order valence-electron chi connectivity index (χ2n) is 7.83. The van der Waals surface area contributed by atoms with Gasteiger partial charge >= 0.3 is 0 Å². The Kier molecular flexibility index (Phi) is 5.13. The minimum atomic E-state index is -0.403. The molecule has 0 saturated carbocycles. The molecule has 6 nitrogen and oxygen atoms in total. The van der Waals surface area contributed by atoms with Gasteiger partial charge in [-0.25, -0.2) is 14.4 Å². The summed E-state index contributed by atoms with van der Waals surface area (Å²) in [4.78, 5) is 27.5. The normalized spacial score (nSPS) is 19.3. The molecule has 0 unspecified atom stereocenters. The Balaban J connectivity index is 1.50. The van der Waals surface area contributed by atoms with E-state index in [9.17, 15) is 9.18 Å². The van der Waals surface area contributed by atoms with Crippen LogP contribution in [-0.2, 0) is 11.8 Å². The molecule has 1 atom stereocenters. The molecule has 0 aliphatic carbocycles. The van der Waals surface area contributed by atoms with Crippen molar-refractivity contribution in [2.75, 3.05) is 13.1 Å². The average Bonchev–Trinajstić information content (AvgIpc) is 3.19. The van der Waals surface area contributed by atoms with Gasteiger partial charge in [0.1, 0.15) is 17.3 Å². The molecule has 1 aliphatic heterocycles. The number of benzene rings is 1. The van der Waals surface area contributed by atoms with Crippen LogP contribution in [0.1, 0.15) is 53.2 Å². The summed E-state index contributed by atoms with van der Waals surface area (Å²) in [6.07, 6.45) is 6.81. The molecular formula is C22H23FN4O2. The molecule has 150 valence electrons. The Bertz CT molecular complexity index is 1020. The highest BCUT2D eigenvalue weighted by atomic mass is 19.1. The number of rotatable bonds is 4. The summed E-state index contributed by atoms with van der Waals surface area (Å²) in [6, 6.07) is 6.64. The number of aryl methyl sites for hydroxylation is 1. The van der Waals surface area contributed by atoms with E-state index in [-0.39, 0.29) is 11.7 Å². The largest absolute Gasteiger partial charge is 0.445 e. The van der Waals surface area contributed by atoms with Crippen molar-refractivity contribution in [3.8, 4) is 0 Å². The fraction of sp³-hybridized carbons (Fsp3) is 0.364. The molecule has 29 heavy (non-hydrogen) atoms. The second kappa shape index (κ2) is 7.73. The van der Waals surface area contributed by atoms with E-state index in [1.807, 2.05) is 13.8 Å². The summed E-state index contributed by atoms with van der Waals surface area (Å²) < 4.78 is 19.9. The van der Waals surface area contributed by atoms with Gasteiger partial charge in [0.2, 0.25) is 5.89 Å². The zero-order valence-corrected chi connectivity index (χ0v) is 16.6. The van der Waals surface area contributed by atoms with Crippen LogP contribution in [-0.4, -0.2) is 38.8 Å². The zero-order valence-electron chi connectivity index (χ0n) is 16.6. The van der Waals surface area contributed by atoms with Crippen molar-refractivity contribution in [2.45, 2.75) is 38.5 Å². The maximum absolute atomic E-state index is 13.9. The molecule has 0 spiro atoms. The van der Waals surface area contributed by atoms with Gasteiger partial charge in [0, 0.05) is 25.7 Å². The van der Waals surface area contributed by atoms with Gasteiger partial charge in [-0.3, -0.25) is 9.78 Å². The van der Waals surface area contributed by atoms with Crippen LogP contribution < -0.4 is 0 Å². The maximum atomic E-state index is 13.9. The number of hydrogen-bond acceptors (Lipinski definition) is 5. The van der Waals surface area contributed by atoms with Crippen molar-refractivity contribution in [3.05, 3.63) is 77.3 Å². The predicted molar refractivity (Wildman–Crippen MR) is 105 cm³/mol. The average molecular weight is 394 g/mol. The number of amides is 1. The fourth-order valence-corrected chi connectivity index (χ4v) is 3.75. The molecule has 1 amide bonds. The number of carbonyl (C=O) groups is 1. The third kappa shape index (κ3) is 4.04. The minimum Gasteiger partial charge on any atom is -0.445 e. The van der Waals surface area contributed by atoms with E-state index in [1.54, 1.807) is 35.5 Å². The zero-order chi connectivity index (χ0) is 20.4. The Morgan fingerprint density at radius 2 is 2.03 bits per heavy atom. The summed E-state index contributed by atoms with van der Waals surface area (Å²) in [6.45, 7) is 5.03. The molecule has 4 rings (SSSR count). The molecule has 1 saturated heterocycles. The number of likely N-dealkylation sites (tertiary alicyclic amines) is 1. The Morgan fingerprint density at radius 3 is 2.79 bits per heavy atom. The predicted octanol–water partition coefficient (Wildman–Crippen LogP) is 3.70. The SMILES string of the molecule is Cc1cnc(C(=O)N2CCC[C@](C)(c3ncc(Cc4ccccc4F)o3)C2)cn1. The Labute approximate surface area is 168 Å². The first-order valence-electron chi connectivity index (χ1n) is 9.71. The van der Waals surface area contributed by atoms with Crippen molar-refractivity contribution in [1.82, 2.24) is 19.9 Å². The lowest BCUT2D eigenvalue weighted by atomic mass is 9.81. The molecule has 1 fully saturated rings. The van der Waals surface area contributed by atoms with Gasteiger partial charge in [-0.1, -0.05) is 18.2 Å². The fourth-order valence-electron chi connectivity index (χ4n) is 3.75. The lowest BCUT2D eigenvalue weighted by Gasteiger charge is -2.38. The summed E-state index contributed by atoms with van der Waals surface area (Å²) in [5.41, 5.74) is 1.28. The standard InChI is InChI=1S/C22H23FN4O2/c1-15-11-25-19(13-24-15)20(28)27-9-5-8-22(2,14-27)21-26-12-17(29-21)10-16-6-3-4-7-18(16)23/h3-4,6-7,11-13H,5,8-10,14H2,1-2H3/t22-/m0/s1. The lowest BCUT2D eigenvalue weighted by Crippen LogP contribution is -2.47.